The summed E-state index contributed by atoms with van der Waals surface area (Å²) in [6.45, 7) is 2.32. The van der Waals surface area contributed by atoms with Crippen LogP contribution in [0.4, 0.5) is 0 Å². The number of hydrogen-bond acceptors (Lipinski definition) is 1. The molecular formula is C21H30O. The van der Waals surface area contributed by atoms with Gasteiger partial charge in [-0.05, 0) is 30.4 Å². The topological polar surface area (TPSA) is 20.2 Å². The van der Waals surface area contributed by atoms with Crippen LogP contribution in [0.25, 0.3) is 0 Å². The summed E-state index contributed by atoms with van der Waals surface area (Å²) in [7, 11) is 0. The Morgan fingerprint density at radius 1 is 1.05 bits per heavy atom. The lowest BCUT2D eigenvalue weighted by Crippen LogP contribution is -2.29. The first-order valence-corrected chi connectivity index (χ1v) is 8.87. The van der Waals surface area contributed by atoms with Gasteiger partial charge in [0, 0.05) is 5.41 Å². The zero-order chi connectivity index (χ0) is 15.7. The molecule has 1 aromatic carbocycles. The summed E-state index contributed by atoms with van der Waals surface area (Å²) in [5, 5.41) is 9.22. The summed E-state index contributed by atoms with van der Waals surface area (Å²) >= 11 is 0. The van der Waals surface area contributed by atoms with Crippen LogP contribution in [0.15, 0.2) is 54.1 Å². The van der Waals surface area contributed by atoms with Gasteiger partial charge in [0.25, 0.3) is 0 Å². The highest BCUT2D eigenvalue weighted by molar-refractivity contribution is 5.42. The van der Waals surface area contributed by atoms with Crippen molar-refractivity contribution in [2.75, 3.05) is 6.61 Å². The summed E-state index contributed by atoms with van der Waals surface area (Å²) in [5.74, 6) is 0. The van der Waals surface area contributed by atoms with E-state index in [1.807, 2.05) is 6.08 Å². The molecule has 1 N–H and O–H groups in total. The molecule has 0 heterocycles. The van der Waals surface area contributed by atoms with Gasteiger partial charge in [-0.1, -0.05) is 87.6 Å². The van der Waals surface area contributed by atoms with E-state index in [-0.39, 0.29) is 12.0 Å². The molecule has 0 unspecified atom stereocenters. The number of aliphatic hydroxyl groups is 1. The monoisotopic (exact) mass is 298 g/mol. The van der Waals surface area contributed by atoms with Gasteiger partial charge in [-0.15, -0.1) is 0 Å². The molecule has 0 atom stereocenters. The number of allylic oxidation sites excluding steroid dienone is 3. The van der Waals surface area contributed by atoms with Crippen LogP contribution in [0.5, 0.6) is 0 Å². The maximum absolute atomic E-state index is 9.22. The normalized spacial score (nSPS) is 19.8. The van der Waals surface area contributed by atoms with Gasteiger partial charge in [0.1, 0.15) is 0 Å². The third-order valence-electron chi connectivity index (χ3n) is 4.91. The summed E-state index contributed by atoms with van der Waals surface area (Å²) in [4.78, 5) is 0. The maximum Gasteiger partial charge on any atom is 0.0615 e. The smallest absolute Gasteiger partial charge is 0.0615 e. The molecule has 0 radical (unpaired) electrons. The van der Waals surface area contributed by atoms with Crippen molar-refractivity contribution >= 4 is 0 Å². The Bertz CT molecular complexity index is 476. The van der Waals surface area contributed by atoms with Gasteiger partial charge in [-0.25, -0.2) is 0 Å². The predicted molar refractivity (Wildman–Crippen MR) is 95.0 cm³/mol. The summed E-state index contributed by atoms with van der Waals surface area (Å²) < 4.78 is 0. The highest BCUT2D eigenvalue weighted by Crippen LogP contribution is 2.44. The molecule has 0 aliphatic heterocycles. The van der Waals surface area contributed by atoms with Crippen LogP contribution in [0, 0.1) is 0 Å². The van der Waals surface area contributed by atoms with Crippen molar-refractivity contribution in [3.8, 4) is 0 Å². The molecular weight excluding hydrogens is 268 g/mol. The van der Waals surface area contributed by atoms with Crippen LogP contribution in [-0.4, -0.2) is 11.7 Å². The molecule has 0 saturated heterocycles. The molecule has 22 heavy (non-hydrogen) atoms. The molecule has 120 valence electrons. The van der Waals surface area contributed by atoms with Crippen LogP contribution in [0.2, 0.25) is 0 Å². The van der Waals surface area contributed by atoms with Crippen molar-refractivity contribution in [2.45, 2.75) is 63.7 Å². The molecule has 1 fully saturated rings. The lowest BCUT2D eigenvalue weighted by molar-refractivity contribution is 0.341. The first kappa shape index (κ1) is 17.0. The van der Waals surface area contributed by atoms with Crippen molar-refractivity contribution in [3.63, 3.8) is 0 Å². The standard InChI is InChI=1S/C21H30O/c1-2-12-19(15-11-18-22)21(20-13-7-6-8-14-20)16-9-4-3-5-10-17-21/h6-8,11-15,22H,2-5,9-10,16-18H2,1H3/b15-11-,19-12+. The molecule has 1 heteroatoms. The van der Waals surface area contributed by atoms with Crippen LogP contribution in [-0.2, 0) is 5.41 Å². The van der Waals surface area contributed by atoms with Crippen molar-refractivity contribution in [2.24, 2.45) is 0 Å². The van der Waals surface area contributed by atoms with E-state index in [0.29, 0.717) is 0 Å². The fraction of sp³-hybridized carbons (Fsp3) is 0.524. The second kappa shape index (κ2) is 8.95. The van der Waals surface area contributed by atoms with E-state index >= 15 is 0 Å². The molecule has 1 nitrogen and oxygen atoms in total. The van der Waals surface area contributed by atoms with Gasteiger partial charge in [0.05, 0.1) is 6.61 Å². The summed E-state index contributed by atoms with van der Waals surface area (Å²) in [6, 6.07) is 11.0. The van der Waals surface area contributed by atoms with E-state index in [4.69, 9.17) is 0 Å². The fourth-order valence-corrected chi connectivity index (χ4v) is 3.83. The lowest BCUT2D eigenvalue weighted by atomic mass is 9.66. The molecule has 2 rings (SSSR count). The van der Waals surface area contributed by atoms with Crippen LogP contribution >= 0.6 is 0 Å². The minimum Gasteiger partial charge on any atom is -0.392 e. The average molecular weight is 298 g/mol. The zero-order valence-corrected chi connectivity index (χ0v) is 13.9. The number of benzene rings is 1. The van der Waals surface area contributed by atoms with Gasteiger partial charge >= 0.3 is 0 Å². The SMILES string of the molecule is CC/C=C(\C=C/CO)C1(c2ccccc2)CCCCCCC1. The van der Waals surface area contributed by atoms with E-state index < -0.39 is 0 Å². The maximum atomic E-state index is 9.22. The fourth-order valence-electron chi connectivity index (χ4n) is 3.83. The van der Waals surface area contributed by atoms with Crippen molar-refractivity contribution in [1.82, 2.24) is 0 Å². The Hall–Kier alpha value is -1.34. The highest BCUT2D eigenvalue weighted by atomic mass is 16.2. The Kier molecular flexibility index (Phi) is 6.92. The largest absolute Gasteiger partial charge is 0.392 e. The van der Waals surface area contributed by atoms with E-state index in [2.05, 4.69) is 49.4 Å². The number of aliphatic hydroxyl groups excluding tert-OH is 1. The second-order valence-corrected chi connectivity index (χ2v) is 6.37. The quantitative estimate of drug-likeness (QED) is 0.706. The first-order valence-electron chi connectivity index (χ1n) is 8.87. The van der Waals surface area contributed by atoms with Crippen molar-refractivity contribution in [3.05, 3.63) is 59.7 Å². The van der Waals surface area contributed by atoms with Gasteiger partial charge in [0.2, 0.25) is 0 Å². The predicted octanol–water partition coefficient (Wildman–Crippen LogP) is 5.55. The van der Waals surface area contributed by atoms with Crippen LogP contribution < -0.4 is 0 Å². The van der Waals surface area contributed by atoms with Gasteiger partial charge in [-0.3, -0.25) is 0 Å². The Balaban J connectivity index is 2.46. The van der Waals surface area contributed by atoms with E-state index in [9.17, 15) is 5.11 Å². The van der Waals surface area contributed by atoms with Gasteiger partial charge in [0.15, 0.2) is 0 Å². The van der Waals surface area contributed by atoms with Gasteiger partial charge in [-0.2, -0.15) is 0 Å². The minimum atomic E-state index is 0.117. The Labute approximate surface area is 135 Å². The Morgan fingerprint density at radius 3 is 2.27 bits per heavy atom. The number of hydrogen-bond donors (Lipinski definition) is 1. The van der Waals surface area contributed by atoms with Crippen molar-refractivity contribution < 1.29 is 5.11 Å². The van der Waals surface area contributed by atoms with E-state index in [0.717, 1.165) is 6.42 Å². The van der Waals surface area contributed by atoms with E-state index in [1.54, 1.807) is 0 Å². The molecule has 1 aliphatic carbocycles. The molecule has 0 amide bonds. The van der Waals surface area contributed by atoms with Gasteiger partial charge < -0.3 is 5.11 Å². The van der Waals surface area contributed by atoms with Crippen LogP contribution in [0.1, 0.15) is 63.9 Å². The third-order valence-corrected chi connectivity index (χ3v) is 4.91. The molecule has 1 aromatic rings. The van der Waals surface area contributed by atoms with E-state index in [1.165, 1.54) is 56.1 Å². The molecule has 1 saturated carbocycles. The molecule has 0 bridgehead atoms. The highest BCUT2D eigenvalue weighted by Gasteiger charge is 2.34. The second-order valence-electron chi connectivity index (χ2n) is 6.37. The summed E-state index contributed by atoms with van der Waals surface area (Å²) in [6.07, 6.45) is 16.6. The summed E-state index contributed by atoms with van der Waals surface area (Å²) in [5.41, 5.74) is 2.97. The average Bonchev–Trinajstić information content (AvgIpc) is 2.53. The molecule has 1 aliphatic rings. The number of rotatable bonds is 5. The zero-order valence-electron chi connectivity index (χ0n) is 13.9. The Morgan fingerprint density at radius 2 is 1.68 bits per heavy atom. The minimum absolute atomic E-state index is 0.117. The van der Waals surface area contributed by atoms with Crippen LogP contribution in [0.3, 0.4) is 0 Å². The third kappa shape index (κ3) is 4.10. The van der Waals surface area contributed by atoms with Crippen molar-refractivity contribution in [1.29, 1.82) is 0 Å². The molecule has 0 spiro atoms. The first-order chi connectivity index (χ1) is 10.8. The molecule has 0 aromatic heterocycles. The lowest BCUT2D eigenvalue weighted by Gasteiger charge is -2.38.